The van der Waals surface area contributed by atoms with Crippen molar-refractivity contribution >= 4 is 23.5 Å². The lowest BCUT2D eigenvalue weighted by Gasteiger charge is -2.40. The topological polar surface area (TPSA) is 75.7 Å². The summed E-state index contributed by atoms with van der Waals surface area (Å²) >= 11 is 0. The van der Waals surface area contributed by atoms with Gasteiger partial charge < -0.3 is 15.0 Å². The maximum atomic E-state index is 13.7. The molecule has 1 aliphatic heterocycles. The molecule has 0 unspecified atom stereocenters. The van der Waals surface area contributed by atoms with Gasteiger partial charge in [-0.15, -0.1) is 0 Å². The fraction of sp³-hybridized carbons (Fsp3) is 0.318. The first-order valence-corrected chi connectivity index (χ1v) is 9.55. The molecule has 0 radical (unpaired) electrons. The second kappa shape index (κ2) is 9.02. The summed E-state index contributed by atoms with van der Waals surface area (Å²) in [5.41, 5.74) is -0.573. The summed E-state index contributed by atoms with van der Waals surface area (Å²) in [6, 6.07) is 11.7. The SMILES string of the molecule is CC(=O)N1CCC(C(=O)OCC(=O)Nc2cc(F)ccc2F)(c2ccccc2)CC1. The molecule has 8 heteroatoms. The second-order valence-corrected chi connectivity index (χ2v) is 7.20. The average molecular weight is 416 g/mol. The lowest BCUT2D eigenvalue weighted by Crippen LogP contribution is -2.49. The number of piperidine rings is 1. The molecular formula is C22H22F2N2O4. The first kappa shape index (κ1) is 21.4. The van der Waals surface area contributed by atoms with Crippen LogP contribution in [0.5, 0.6) is 0 Å². The monoisotopic (exact) mass is 416 g/mol. The van der Waals surface area contributed by atoms with E-state index < -0.39 is 35.5 Å². The van der Waals surface area contributed by atoms with Crippen LogP contribution >= 0.6 is 0 Å². The fourth-order valence-electron chi connectivity index (χ4n) is 3.62. The molecule has 1 saturated heterocycles. The Bertz CT molecular complexity index is 941. The van der Waals surface area contributed by atoms with Crippen molar-refractivity contribution in [2.75, 3.05) is 25.0 Å². The molecule has 1 aliphatic rings. The standard InChI is InChI=1S/C22H22F2N2O4/c1-15(27)26-11-9-22(10-12-26,16-5-3-2-4-6-16)21(29)30-14-20(28)25-19-13-17(23)7-8-18(19)24/h2-8,13H,9-12,14H2,1H3,(H,25,28). The van der Waals surface area contributed by atoms with E-state index in [1.807, 2.05) is 18.2 Å². The first-order valence-electron chi connectivity index (χ1n) is 9.55. The van der Waals surface area contributed by atoms with E-state index >= 15 is 0 Å². The smallest absolute Gasteiger partial charge is 0.317 e. The van der Waals surface area contributed by atoms with Crippen LogP contribution in [0.2, 0.25) is 0 Å². The van der Waals surface area contributed by atoms with Gasteiger partial charge in [0.2, 0.25) is 5.91 Å². The zero-order chi connectivity index (χ0) is 21.7. The zero-order valence-electron chi connectivity index (χ0n) is 16.5. The molecule has 1 fully saturated rings. The summed E-state index contributed by atoms with van der Waals surface area (Å²) in [4.78, 5) is 38.5. The molecule has 3 rings (SSSR count). The van der Waals surface area contributed by atoms with Gasteiger partial charge in [-0.05, 0) is 30.5 Å². The van der Waals surface area contributed by atoms with Crippen molar-refractivity contribution in [3.05, 3.63) is 65.7 Å². The number of nitrogens with one attached hydrogen (secondary N) is 1. The minimum Gasteiger partial charge on any atom is -0.455 e. The number of esters is 1. The van der Waals surface area contributed by atoms with Crippen LogP contribution in [0.3, 0.4) is 0 Å². The van der Waals surface area contributed by atoms with Crippen molar-refractivity contribution in [2.45, 2.75) is 25.2 Å². The Balaban J connectivity index is 1.70. The maximum absolute atomic E-state index is 13.7. The minimum atomic E-state index is -0.988. The van der Waals surface area contributed by atoms with E-state index in [1.54, 1.807) is 17.0 Å². The van der Waals surface area contributed by atoms with E-state index in [4.69, 9.17) is 4.74 Å². The Kier molecular flexibility index (Phi) is 6.44. The third-order valence-corrected chi connectivity index (χ3v) is 5.32. The van der Waals surface area contributed by atoms with Crippen LogP contribution in [0.4, 0.5) is 14.5 Å². The lowest BCUT2D eigenvalue weighted by molar-refractivity contribution is -0.156. The number of hydrogen-bond donors (Lipinski definition) is 1. The molecule has 0 spiro atoms. The Labute approximate surface area is 172 Å². The minimum absolute atomic E-state index is 0.0680. The van der Waals surface area contributed by atoms with Gasteiger partial charge in [0.25, 0.3) is 5.91 Å². The van der Waals surface area contributed by atoms with Crippen molar-refractivity contribution in [3.8, 4) is 0 Å². The van der Waals surface area contributed by atoms with Crippen LogP contribution in [0.1, 0.15) is 25.3 Å². The van der Waals surface area contributed by atoms with Crippen molar-refractivity contribution in [2.24, 2.45) is 0 Å². The van der Waals surface area contributed by atoms with Crippen molar-refractivity contribution < 1.29 is 27.9 Å². The van der Waals surface area contributed by atoms with Crippen LogP contribution in [-0.4, -0.2) is 42.4 Å². The summed E-state index contributed by atoms with van der Waals surface area (Å²) in [6.07, 6.45) is 0.713. The Morgan fingerprint density at radius 1 is 1.07 bits per heavy atom. The number of carbonyl (C=O) groups is 3. The van der Waals surface area contributed by atoms with Gasteiger partial charge in [0.05, 0.1) is 11.1 Å². The van der Waals surface area contributed by atoms with Gasteiger partial charge in [-0.2, -0.15) is 0 Å². The number of nitrogens with zero attached hydrogens (tertiary/aromatic N) is 1. The Morgan fingerprint density at radius 3 is 2.37 bits per heavy atom. The molecule has 0 saturated carbocycles. The highest BCUT2D eigenvalue weighted by atomic mass is 19.1. The molecule has 0 aliphatic carbocycles. The second-order valence-electron chi connectivity index (χ2n) is 7.20. The van der Waals surface area contributed by atoms with Crippen molar-refractivity contribution in [1.82, 2.24) is 4.90 Å². The highest BCUT2D eigenvalue weighted by Crippen LogP contribution is 2.37. The number of amides is 2. The maximum Gasteiger partial charge on any atom is 0.317 e. The van der Waals surface area contributed by atoms with Gasteiger partial charge in [-0.1, -0.05) is 30.3 Å². The van der Waals surface area contributed by atoms with Gasteiger partial charge in [-0.3, -0.25) is 14.4 Å². The zero-order valence-corrected chi connectivity index (χ0v) is 16.5. The predicted octanol–water partition coefficient (Wildman–Crippen LogP) is 3.03. The number of ether oxygens (including phenoxy) is 1. The molecule has 1 heterocycles. The highest BCUT2D eigenvalue weighted by molar-refractivity contribution is 5.94. The van der Waals surface area contributed by atoms with Crippen LogP contribution in [0, 0.1) is 11.6 Å². The van der Waals surface area contributed by atoms with E-state index in [0.717, 1.165) is 23.8 Å². The van der Waals surface area contributed by atoms with Gasteiger partial charge in [-0.25, -0.2) is 8.78 Å². The molecule has 30 heavy (non-hydrogen) atoms. The molecule has 1 N–H and O–H groups in total. The van der Waals surface area contributed by atoms with Crippen molar-refractivity contribution in [1.29, 1.82) is 0 Å². The van der Waals surface area contributed by atoms with Gasteiger partial charge in [0.1, 0.15) is 11.6 Å². The van der Waals surface area contributed by atoms with Gasteiger partial charge >= 0.3 is 5.97 Å². The van der Waals surface area contributed by atoms with E-state index in [-0.39, 0.29) is 11.6 Å². The first-order chi connectivity index (χ1) is 14.3. The van der Waals surface area contributed by atoms with E-state index in [2.05, 4.69) is 5.32 Å². The van der Waals surface area contributed by atoms with E-state index in [0.29, 0.717) is 25.9 Å². The molecular weight excluding hydrogens is 394 g/mol. The molecule has 0 atom stereocenters. The summed E-state index contributed by atoms with van der Waals surface area (Å²) in [7, 11) is 0. The lowest BCUT2D eigenvalue weighted by atomic mass is 9.72. The summed E-state index contributed by atoms with van der Waals surface area (Å²) < 4.78 is 32.2. The van der Waals surface area contributed by atoms with Gasteiger partial charge in [0.15, 0.2) is 6.61 Å². The fourth-order valence-corrected chi connectivity index (χ4v) is 3.62. The molecule has 6 nitrogen and oxygen atoms in total. The summed E-state index contributed by atoms with van der Waals surface area (Å²) in [6.45, 7) is 1.61. The molecule has 0 aromatic heterocycles. The quantitative estimate of drug-likeness (QED) is 0.761. The van der Waals surface area contributed by atoms with Crippen LogP contribution in [0.15, 0.2) is 48.5 Å². The molecule has 2 amide bonds. The normalized spacial score (nSPS) is 15.4. The van der Waals surface area contributed by atoms with Crippen LogP contribution in [0.25, 0.3) is 0 Å². The number of halogens is 2. The highest BCUT2D eigenvalue weighted by Gasteiger charge is 2.44. The number of hydrogen-bond acceptors (Lipinski definition) is 4. The van der Waals surface area contributed by atoms with Gasteiger partial charge in [0, 0.05) is 26.1 Å². The Morgan fingerprint density at radius 2 is 1.73 bits per heavy atom. The summed E-state index contributed by atoms with van der Waals surface area (Å²) in [5, 5.41) is 2.20. The number of anilines is 1. The number of rotatable bonds is 5. The molecule has 158 valence electrons. The van der Waals surface area contributed by atoms with Crippen molar-refractivity contribution in [3.63, 3.8) is 0 Å². The largest absolute Gasteiger partial charge is 0.455 e. The van der Waals surface area contributed by atoms with Crippen LogP contribution in [-0.2, 0) is 24.5 Å². The molecule has 2 aromatic carbocycles. The van der Waals surface area contributed by atoms with E-state index in [1.165, 1.54) is 6.92 Å². The molecule has 2 aromatic rings. The molecule has 0 bridgehead atoms. The number of carbonyl (C=O) groups excluding carboxylic acids is 3. The third-order valence-electron chi connectivity index (χ3n) is 5.32. The van der Waals surface area contributed by atoms with E-state index in [9.17, 15) is 23.2 Å². The third kappa shape index (κ3) is 4.64. The number of likely N-dealkylation sites (tertiary alicyclic amines) is 1. The predicted molar refractivity (Wildman–Crippen MR) is 106 cm³/mol. The summed E-state index contributed by atoms with van der Waals surface area (Å²) in [5.74, 6) is -2.94. The van der Waals surface area contributed by atoms with Crippen LogP contribution < -0.4 is 5.32 Å². The number of benzene rings is 2. The average Bonchev–Trinajstić information content (AvgIpc) is 2.75. The Hall–Kier alpha value is -3.29.